The molecule has 1 aromatic heterocycles. The third kappa shape index (κ3) is 4.57. The number of benzene rings is 2. The number of nitrogens with zero attached hydrogens (tertiary/aromatic N) is 3. The number of aromatic nitrogens is 3. The first kappa shape index (κ1) is 19.6. The predicted octanol–water partition coefficient (Wildman–Crippen LogP) is 4.92. The second-order valence-corrected chi connectivity index (χ2v) is 8.00. The first-order valence-corrected chi connectivity index (χ1v) is 10.1. The Bertz CT molecular complexity index is 926. The van der Waals surface area contributed by atoms with Gasteiger partial charge in [0.2, 0.25) is 5.16 Å². The molecule has 0 aliphatic rings. The van der Waals surface area contributed by atoms with E-state index in [4.69, 9.17) is 22.2 Å². The SMILES string of the molecule is Cc1cc(OCCSc2nnc(-c3ccccc3Cl)n2N)ccc1C(C)C. The standard InChI is InChI=1S/C20H23ClN4OS/c1-13(2)16-9-8-15(12-14(16)3)26-10-11-27-20-24-23-19(25(20)22)17-6-4-5-7-18(17)21/h4-9,12-13H,10-11,22H2,1-3H3. The van der Waals surface area contributed by atoms with Gasteiger partial charge in [0.15, 0.2) is 5.82 Å². The van der Waals surface area contributed by atoms with E-state index in [1.807, 2.05) is 24.3 Å². The van der Waals surface area contributed by atoms with Crippen molar-refractivity contribution in [2.75, 3.05) is 18.2 Å². The van der Waals surface area contributed by atoms with Crippen LogP contribution in [0.4, 0.5) is 0 Å². The van der Waals surface area contributed by atoms with Crippen molar-refractivity contribution in [3.63, 3.8) is 0 Å². The van der Waals surface area contributed by atoms with Crippen molar-refractivity contribution in [3.05, 3.63) is 58.6 Å². The van der Waals surface area contributed by atoms with Crippen LogP contribution in [0.5, 0.6) is 5.75 Å². The predicted molar refractivity (Wildman–Crippen MR) is 112 cm³/mol. The number of ether oxygens (including phenoxy) is 1. The van der Waals surface area contributed by atoms with Crippen LogP contribution in [-0.2, 0) is 0 Å². The van der Waals surface area contributed by atoms with E-state index in [1.165, 1.54) is 27.6 Å². The van der Waals surface area contributed by atoms with Gasteiger partial charge in [-0.3, -0.25) is 0 Å². The Hall–Kier alpha value is -2.18. The van der Waals surface area contributed by atoms with Crippen LogP contribution in [0.25, 0.3) is 11.4 Å². The van der Waals surface area contributed by atoms with Gasteiger partial charge in [-0.2, -0.15) is 0 Å². The minimum Gasteiger partial charge on any atom is -0.493 e. The topological polar surface area (TPSA) is 66.0 Å². The molecule has 0 aliphatic heterocycles. The average Bonchev–Trinajstić information content (AvgIpc) is 2.99. The molecule has 5 nitrogen and oxygen atoms in total. The van der Waals surface area contributed by atoms with Gasteiger partial charge in [0, 0.05) is 11.3 Å². The summed E-state index contributed by atoms with van der Waals surface area (Å²) in [6.07, 6.45) is 0. The van der Waals surface area contributed by atoms with E-state index in [9.17, 15) is 0 Å². The Balaban J connectivity index is 1.57. The van der Waals surface area contributed by atoms with Gasteiger partial charge in [-0.05, 0) is 48.2 Å². The number of thioether (sulfide) groups is 1. The van der Waals surface area contributed by atoms with Crippen LogP contribution in [0.3, 0.4) is 0 Å². The van der Waals surface area contributed by atoms with Crippen molar-refractivity contribution in [1.29, 1.82) is 0 Å². The maximum absolute atomic E-state index is 6.21. The fourth-order valence-corrected chi connectivity index (χ4v) is 3.77. The molecule has 0 spiro atoms. The number of hydrogen-bond donors (Lipinski definition) is 1. The molecule has 27 heavy (non-hydrogen) atoms. The third-order valence-electron chi connectivity index (χ3n) is 4.23. The Morgan fingerprint density at radius 1 is 1.19 bits per heavy atom. The summed E-state index contributed by atoms with van der Waals surface area (Å²) in [6.45, 7) is 7.06. The van der Waals surface area contributed by atoms with Gasteiger partial charge in [-0.15, -0.1) is 10.2 Å². The molecule has 2 aromatic carbocycles. The highest BCUT2D eigenvalue weighted by molar-refractivity contribution is 7.99. The average molecular weight is 403 g/mol. The molecule has 0 bridgehead atoms. The van der Waals surface area contributed by atoms with Crippen LogP contribution >= 0.6 is 23.4 Å². The van der Waals surface area contributed by atoms with Gasteiger partial charge in [0.05, 0.1) is 11.6 Å². The zero-order chi connectivity index (χ0) is 19.4. The monoisotopic (exact) mass is 402 g/mol. The van der Waals surface area contributed by atoms with Crippen LogP contribution in [0.2, 0.25) is 5.02 Å². The van der Waals surface area contributed by atoms with Crippen molar-refractivity contribution in [1.82, 2.24) is 14.9 Å². The number of nitrogen functional groups attached to an aromatic ring is 1. The van der Waals surface area contributed by atoms with Gasteiger partial charge in [0.25, 0.3) is 0 Å². The molecule has 142 valence electrons. The van der Waals surface area contributed by atoms with Crippen LogP contribution in [-0.4, -0.2) is 27.2 Å². The molecule has 0 radical (unpaired) electrons. The van der Waals surface area contributed by atoms with Crippen LogP contribution in [0.1, 0.15) is 30.9 Å². The number of nitrogens with two attached hydrogens (primary N) is 1. The highest BCUT2D eigenvalue weighted by atomic mass is 35.5. The quantitative estimate of drug-likeness (QED) is 0.345. The molecule has 0 fully saturated rings. The molecule has 0 aliphatic carbocycles. The smallest absolute Gasteiger partial charge is 0.210 e. The Morgan fingerprint density at radius 2 is 1.96 bits per heavy atom. The zero-order valence-electron chi connectivity index (χ0n) is 15.6. The van der Waals surface area contributed by atoms with Crippen LogP contribution in [0, 0.1) is 6.92 Å². The Kier molecular flexibility index (Phi) is 6.29. The first-order chi connectivity index (χ1) is 13.0. The second-order valence-electron chi connectivity index (χ2n) is 6.53. The van der Waals surface area contributed by atoms with Crippen molar-refractivity contribution in [2.24, 2.45) is 0 Å². The summed E-state index contributed by atoms with van der Waals surface area (Å²) >= 11 is 7.71. The zero-order valence-corrected chi connectivity index (χ0v) is 17.2. The van der Waals surface area contributed by atoms with Gasteiger partial charge >= 0.3 is 0 Å². The first-order valence-electron chi connectivity index (χ1n) is 8.79. The maximum Gasteiger partial charge on any atom is 0.210 e. The van der Waals surface area contributed by atoms with E-state index in [0.717, 1.165) is 11.3 Å². The summed E-state index contributed by atoms with van der Waals surface area (Å²) in [5.74, 6) is 8.78. The summed E-state index contributed by atoms with van der Waals surface area (Å²) in [5.41, 5.74) is 3.36. The molecule has 0 amide bonds. The van der Waals surface area contributed by atoms with Crippen molar-refractivity contribution in [2.45, 2.75) is 31.8 Å². The number of halogens is 1. The molecule has 0 saturated carbocycles. The van der Waals surface area contributed by atoms with Gasteiger partial charge in [0.1, 0.15) is 5.75 Å². The molecular weight excluding hydrogens is 380 g/mol. The molecule has 0 unspecified atom stereocenters. The normalized spacial score (nSPS) is 11.1. The fourth-order valence-electron chi connectivity index (χ4n) is 2.88. The van der Waals surface area contributed by atoms with Crippen molar-refractivity contribution < 1.29 is 4.74 Å². The molecule has 2 N–H and O–H groups in total. The van der Waals surface area contributed by atoms with E-state index in [2.05, 4.69) is 43.1 Å². The lowest BCUT2D eigenvalue weighted by Gasteiger charge is -2.12. The summed E-state index contributed by atoms with van der Waals surface area (Å²) in [7, 11) is 0. The summed E-state index contributed by atoms with van der Waals surface area (Å²) in [5, 5.41) is 9.54. The second kappa shape index (κ2) is 8.67. The molecular formula is C20H23ClN4OS. The van der Waals surface area contributed by atoms with Crippen LogP contribution in [0.15, 0.2) is 47.6 Å². The number of aryl methyl sites for hydroxylation is 1. The molecule has 0 saturated heterocycles. The Morgan fingerprint density at radius 3 is 2.67 bits per heavy atom. The van der Waals surface area contributed by atoms with Gasteiger partial charge < -0.3 is 10.6 Å². The maximum atomic E-state index is 6.21. The lowest BCUT2D eigenvalue weighted by molar-refractivity contribution is 0.343. The van der Waals surface area contributed by atoms with Gasteiger partial charge in [-0.25, -0.2) is 4.68 Å². The van der Waals surface area contributed by atoms with E-state index in [0.29, 0.717) is 34.3 Å². The minimum absolute atomic E-state index is 0.512. The molecule has 3 rings (SSSR count). The summed E-state index contributed by atoms with van der Waals surface area (Å²) in [4.78, 5) is 0. The lowest BCUT2D eigenvalue weighted by atomic mass is 9.98. The lowest BCUT2D eigenvalue weighted by Crippen LogP contribution is -2.12. The van der Waals surface area contributed by atoms with E-state index >= 15 is 0 Å². The molecule has 3 aromatic rings. The van der Waals surface area contributed by atoms with E-state index in [-0.39, 0.29) is 0 Å². The fraction of sp³-hybridized carbons (Fsp3) is 0.300. The molecule has 1 heterocycles. The third-order valence-corrected chi connectivity index (χ3v) is 5.46. The van der Waals surface area contributed by atoms with Crippen molar-refractivity contribution >= 4 is 23.4 Å². The summed E-state index contributed by atoms with van der Waals surface area (Å²) in [6, 6.07) is 13.7. The van der Waals surface area contributed by atoms with Crippen molar-refractivity contribution in [3.8, 4) is 17.1 Å². The molecule has 0 atom stereocenters. The number of rotatable bonds is 7. The van der Waals surface area contributed by atoms with E-state index in [1.54, 1.807) is 6.07 Å². The Labute approximate surface area is 168 Å². The highest BCUT2D eigenvalue weighted by Gasteiger charge is 2.14. The minimum atomic E-state index is 0.512. The van der Waals surface area contributed by atoms with Gasteiger partial charge in [-0.1, -0.05) is 55.4 Å². The molecule has 7 heteroatoms. The number of hydrogen-bond acceptors (Lipinski definition) is 5. The van der Waals surface area contributed by atoms with Crippen LogP contribution < -0.4 is 10.6 Å². The summed E-state index contributed by atoms with van der Waals surface area (Å²) < 4.78 is 7.32. The van der Waals surface area contributed by atoms with E-state index < -0.39 is 0 Å². The highest BCUT2D eigenvalue weighted by Crippen LogP contribution is 2.28. The largest absolute Gasteiger partial charge is 0.493 e.